The molecule has 1 atom stereocenters. The van der Waals surface area contributed by atoms with Crippen LogP contribution in [0.25, 0.3) is 0 Å². The molecule has 1 saturated heterocycles. The van der Waals surface area contributed by atoms with Crippen LogP contribution in [-0.2, 0) is 4.74 Å². The summed E-state index contributed by atoms with van der Waals surface area (Å²) >= 11 is 0. The predicted octanol–water partition coefficient (Wildman–Crippen LogP) is 3.22. The summed E-state index contributed by atoms with van der Waals surface area (Å²) in [7, 11) is 1.83. The van der Waals surface area contributed by atoms with Crippen LogP contribution in [0.5, 0.6) is 0 Å². The highest BCUT2D eigenvalue weighted by Crippen LogP contribution is 2.12. The molecule has 0 radical (unpaired) electrons. The summed E-state index contributed by atoms with van der Waals surface area (Å²) in [5.41, 5.74) is -0.435. The molecule has 1 fully saturated rings. The van der Waals surface area contributed by atoms with E-state index in [-0.39, 0.29) is 30.1 Å². The highest BCUT2D eigenvalue weighted by Gasteiger charge is 2.25. The molecule has 0 aromatic carbocycles. The highest BCUT2D eigenvalue weighted by molar-refractivity contribution is 14.0. The van der Waals surface area contributed by atoms with Crippen molar-refractivity contribution in [2.75, 3.05) is 66.0 Å². The first-order chi connectivity index (χ1) is 14.7. The zero-order valence-corrected chi connectivity index (χ0v) is 23.9. The maximum Gasteiger partial charge on any atom is 0.410 e. The average Bonchev–Trinajstić information content (AvgIpc) is 2.72. The number of hydrogen-bond donors (Lipinski definition) is 2. The average molecular weight is 569 g/mol. The zero-order valence-electron chi connectivity index (χ0n) is 21.6. The lowest BCUT2D eigenvalue weighted by Gasteiger charge is -2.35. The van der Waals surface area contributed by atoms with Crippen molar-refractivity contribution in [2.24, 2.45) is 4.99 Å². The van der Waals surface area contributed by atoms with Gasteiger partial charge in [-0.2, -0.15) is 0 Å². The van der Waals surface area contributed by atoms with Gasteiger partial charge in [-0.15, -0.1) is 24.0 Å². The van der Waals surface area contributed by atoms with Crippen LogP contribution in [0.15, 0.2) is 4.99 Å². The maximum atomic E-state index is 12.2. The molecule has 0 saturated carbocycles. The van der Waals surface area contributed by atoms with Gasteiger partial charge in [-0.25, -0.2) is 4.79 Å². The quantitative estimate of drug-likeness (QED) is 0.173. The Kier molecular flexibility index (Phi) is 16.3. The monoisotopic (exact) mass is 568 g/mol. The normalized spacial score (nSPS) is 16.5. The smallest absolute Gasteiger partial charge is 0.410 e. The Morgan fingerprint density at radius 3 is 2.28 bits per heavy atom. The van der Waals surface area contributed by atoms with E-state index in [2.05, 4.69) is 46.2 Å². The van der Waals surface area contributed by atoms with Gasteiger partial charge in [-0.05, 0) is 73.1 Å². The molecule has 0 aromatic heterocycles. The summed E-state index contributed by atoms with van der Waals surface area (Å²) in [6.45, 7) is 21.0. The Bertz CT molecular complexity index is 529. The van der Waals surface area contributed by atoms with E-state index in [9.17, 15) is 4.79 Å². The van der Waals surface area contributed by atoms with Crippen LogP contribution in [-0.4, -0.2) is 104 Å². The van der Waals surface area contributed by atoms with Crippen LogP contribution in [0.4, 0.5) is 4.79 Å². The standard InChI is InChI=1S/C23H48N6O2.HI/c1-8-27(9-2)14-10-12-20(3)26-21(24-7)25-13-11-15-28-16-18-29(19-17-28)22(30)31-23(4,5)6;/h20H,8-19H2,1-7H3,(H2,24,25,26);1H. The minimum absolute atomic E-state index is 0. The minimum atomic E-state index is -0.435. The number of amides is 1. The van der Waals surface area contributed by atoms with Gasteiger partial charge in [0.1, 0.15) is 5.60 Å². The molecule has 0 spiro atoms. The molecule has 0 aliphatic carbocycles. The highest BCUT2D eigenvalue weighted by atomic mass is 127. The largest absolute Gasteiger partial charge is 0.444 e. The van der Waals surface area contributed by atoms with Crippen molar-refractivity contribution in [3.8, 4) is 0 Å². The lowest BCUT2D eigenvalue weighted by Crippen LogP contribution is -2.50. The van der Waals surface area contributed by atoms with Crippen molar-refractivity contribution in [2.45, 2.75) is 72.4 Å². The summed E-state index contributed by atoms with van der Waals surface area (Å²) in [5.74, 6) is 0.880. The summed E-state index contributed by atoms with van der Waals surface area (Å²) in [5, 5.41) is 6.93. The summed E-state index contributed by atoms with van der Waals surface area (Å²) in [6, 6.07) is 0.405. The number of rotatable bonds is 11. The molecule has 2 N–H and O–H groups in total. The van der Waals surface area contributed by atoms with Crippen LogP contribution in [0, 0.1) is 0 Å². The molecule has 32 heavy (non-hydrogen) atoms. The van der Waals surface area contributed by atoms with Gasteiger partial charge >= 0.3 is 6.09 Å². The molecule has 0 bridgehead atoms. The Morgan fingerprint density at radius 2 is 1.75 bits per heavy atom. The van der Waals surface area contributed by atoms with E-state index in [1.54, 1.807) is 0 Å². The van der Waals surface area contributed by atoms with Crippen LogP contribution < -0.4 is 10.6 Å². The van der Waals surface area contributed by atoms with E-state index < -0.39 is 5.60 Å². The first-order valence-corrected chi connectivity index (χ1v) is 12.1. The number of carbonyl (C=O) groups is 1. The molecule has 1 heterocycles. The van der Waals surface area contributed by atoms with E-state index in [0.29, 0.717) is 6.04 Å². The number of piperazine rings is 1. The van der Waals surface area contributed by atoms with Gasteiger partial charge in [-0.3, -0.25) is 9.89 Å². The minimum Gasteiger partial charge on any atom is -0.444 e. The zero-order chi connectivity index (χ0) is 23.3. The van der Waals surface area contributed by atoms with Crippen molar-refractivity contribution < 1.29 is 9.53 Å². The second-order valence-corrected chi connectivity index (χ2v) is 9.38. The number of hydrogen-bond acceptors (Lipinski definition) is 5. The van der Waals surface area contributed by atoms with E-state index in [0.717, 1.165) is 77.7 Å². The van der Waals surface area contributed by atoms with Crippen molar-refractivity contribution in [3.63, 3.8) is 0 Å². The molecular formula is C23H49IN6O2. The number of halogens is 1. The van der Waals surface area contributed by atoms with Crippen molar-refractivity contribution >= 4 is 36.0 Å². The summed E-state index contributed by atoms with van der Waals surface area (Å²) < 4.78 is 5.46. The first kappa shape index (κ1) is 31.2. The van der Waals surface area contributed by atoms with Crippen molar-refractivity contribution in [1.29, 1.82) is 0 Å². The number of aliphatic imine (C=N–C) groups is 1. The topological polar surface area (TPSA) is 72.4 Å². The second-order valence-electron chi connectivity index (χ2n) is 9.38. The van der Waals surface area contributed by atoms with Gasteiger partial charge in [0.05, 0.1) is 0 Å². The van der Waals surface area contributed by atoms with Crippen LogP contribution in [0.1, 0.15) is 60.8 Å². The Balaban J connectivity index is 0.00000961. The summed E-state index contributed by atoms with van der Waals surface area (Å²) in [6.07, 6.45) is 3.18. The molecule has 1 aliphatic heterocycles. The van der Waals surface area contributed by atoms with Gasteiger partial charge in [0.25, 0.3) is 0 Å². The van der Waals surface area contributed by atoms with Gasteiger partial charge < -0.3 is 25.2 Å². The number of ether oxygens (including phenoxy) is 1. The van der Waals surface area contributed by atoms with Crippen molar-refractivity contribution in [3.05, 3.63) is 0 Å². The third kappa shape index (κ3) is 13.7. The van der Waals surface area contributed by atoms with Gasteiger partial charge in [0, 0.05) is 45.8 Å². The molecule has 1 rings (SSSR count). The van der Waals surface area contributed by atoms with Crippen LogP contribution in [0.3, 0.4) is 0 Å². The molecule has 1 aliphatic rings. The second kappa shape index (κ2) is 16.7. The molecule has 190 valence electrons. The molecular weight excluding hydrogens is 519 g/mol. The fourth-order valence-electron chi connectivity index (χ4n) is 3.65. The molecule has 0 aromatic rings. The summed E-state index contributed by atoms with van der Waals surface area (Å²) in [4.78, 5) is 23.2. The van der Waals surface area contributed by atoms with Gasteiger partial charge in [-0.1, -0.05) is 13.8 Å². The molecule has 9 heteroatoms. The Morgan fingerprint density at radius 1 is 1.12 bits per heavy atom. The third-order valence-electron chi connectivity index (χ3n) is 5.58. The van der Waals surface area contributed by atoms with E-state index in [1.165, 1.54) is 6.42 Å². The van der Waals surface area contributed by atoms with Crippen LogP contribution in [0.2, 0.25) is 0 Å². The third-order valence-corrected chi connectivity index (χ3v) is 5.58. The first-order valence-electron chi connectivity index (χ1n) is 12.1. The molecule has 1 unspecified atom stereocenters. The molecule has 8 nitrogen and oxygen atoms in total. The number of nitrogens with one attached hydrogen (secondary N) is 2. The SMILES string of the molecule is CCN(CC)CCCC(C)NC(=NC)NCCCN1CCN(C(=O)OC(C)(C)C)CC1.I. The Labute approximate surface area is 213 Å². The molecule has 1 amide bonds. The predicted molar refractivity (Wildman–Crippen MR) is 145 cm³/mol. The van der Waals surface area contributed by atoms with Crippen LogP contribution >= 0.6 is 24.0 Å². The lowest BCUT2D eigenvalue weighted by molar-refractivity contribution is 0.0145. The van der Waals surface area contributed by atoms with Gasteiger partial charge in [0.15, 0.2) is 5.96 Å². The maximum absolute atomic E-state index is 12.2. The van der Waals surface area contributed by atoms with Crippen molar-refractivity contribution in [1.82, 2.24) is 25.3 Å². The Hall–Kier alpha value is -0.810. The fourth-order valence-corrected chi connectivity index (χ4v) is 3.65. The van der Waals surface area contributed by atoms with E-state index in [1.807, 2.05) is 32.7 Å². The van der Waals surface area contributed by atoms with E-state index >= 15 is 0 Å². The van der Waals surface area contributed by atoms with Gasteiger partial charge in [0.2, 0.25) is 0 Å². The lowest BCUT2D eigenvalue weighted by atomic mass is 10.2. The number of guanidine groups is 1. The number of nitrogens with zero attached hydrogens (tertiary/aromatic N) is 4. The van der Waals surface area contributed by atoms with E-state index in [4.69, 9.17) is 4.74 Å². The number of carbonyl (C=O) groups excluding carboxylic acids is 1. The fraction of sp³-hybridized carbons (Fsp3) is 0.913.